The number of amides is 1. The molecule has 1 aromatic heterocycles. The molecule has 1 saturated heterocycles. The van der Waals surface area contributed by atoms with Crippen LogP contribution in [-0.2, 0) is 4.79 Å². The molecule has 7 heteroatoms. The number of para-hydroxylation sites is 1. The number of carboxylic acids is 1. The van der Waals surface area contributed by atoms with Crippen LogP contribution in [0.25, 0.3) is 0 Å². The smallest absolute Gasteiger partial charge is 0.308 e. The molecule has 0 spiro atoms. The summed E-state index contributed by atoms with van der Waals surface area (Å²) in [5.74, 6) is -1.71. The van der Waals surface area contributed by atoms with Gasteiger partial charge in [0.15, 0.2) is 5.78 Å². The predicted octanol–water partition coefficient (Wildman–Crippen LogP) is 2.90. The van der Waals surface area contributed by atoms with Crippen molar-refractivity contribution in [3.63, 3.8) is 0 Å². The number of rotatable bonds is 5. The van der Waals surface area contributed by atoms with Crippen molar-refractivity contribution in [2.24, 2.45) is 5.92 Å². The number of thiophene rings is 1. The van der Waals surface area contributed by atoms with Gasteiger partial charge in [-0.2, -0.15) is 0 Å². The second-order valence-corrected chi connectivity index (χ2v) is 7.31. The Hall–Kier alpha value is -2.67. The molecule has 6 nitrogen and oxygen atoms in total. The normalized spacial score (nSPS) is 19.4. The van der Waals surface area contributed by atoms with Crippen LogP contribution in [-0.4, -0.2) is 47.9 Å². The van der Waals surface area contributed by atoms with E-state index in [-0.39, 0.29) is 24.2 Å². The lowest BCUT2D eigenvalue weighted by Crippen LogP contribution is -2.29. The molecule has 2 aromatic rings. The van der Waals surface area contributed by atoms with Gasteiger partial charge in [0.05, 0.1) is 22.8 Å². The van der Waals surface area contributed by atoms with Crippen molar-refractivity contribution in [2.45, 2.75) is 12.8 Å². The summed E-state index contributed by atoms with van der Waals surface area (Å²) in [6, 6.07) is 10.5. The summed E-state index contributed by atoms with van der Waals surface area (Å²) in [7, 11) is 1.54. The van der Waals surface area contributed by atoms with Gasteiger partial charge in [0, 0.05) is 19.0 Å². The zero-order valence-corrected chi connectivity index (χ0v) is 15.3. The number of nitrogens with zero attached hydrogens (tertiary/aromatic N) is 1. The van der Waals surface area contributed by atoms with Crippen molar-refractivity contribution < 1.29 is 24.2 Å². The lowest BCUT2D eigenvalue weighted by atomic mass is 9.88. The summed E-state index contributed by atoms with van der Waals surface area (Å²) in [6.07, 6.45) is 0. The van der Waals surface area contributed by atoms with Crippen molar-refractivity contribution >= 4 is 29.0 Å². The first kappa shape index (κ1) is 18.1. The van der Waals surface area contributed by atoms with Gasteiger partial charge in [-0.05, 0) is 30.7 Å². The summed E-state index contributed by atoms with van der Waals surface area (Å²) in [4.78, 5) is 38.5. The highest BCUT2D eigenvalue weighted by Gasteiger charge is 2.42. The molecule has 0 aliphatic carbocycles. The van der Waals surface area contributed by atoms with Crippen LogP contribution in [0.3, 0.4) is 0 Å². The van der Waals surface area contributed by atoms with Gasteiger partial charge in [0.1, 0.15) is 5.75 Å². The monoisotopic (exact) mass is 373 g/mol. The first-order valence-electron chi connectivity index (χ1n) is 8.18. The third kappa shape index (κ3) is 3.35. The van der Waals surface area contributed by atoms with Gasteiger partial charge in [0.25, 0.3) is 5.91 Å². The lowest BCUT2D eigenvalue weighted by Gasteiger charge is -2.18. The molecule has 1 aromatic carbocycles. The van der Waals surface area contributed by atoms with E-state index >= 15 is 0 Å². The van der Waals surface area contributed by atoms with Crippen molar-refractivity contribution in [2.75, 3.05) is 20.2 Å². The summed E-state index contributed by atoms with van der Waals surface area (Å²) in [5.41, 5.74) is 0.785. The van der Waals surface area contributed by atoms with Crippen LogP contribution < -0.4 is 4.74 Å². The van der Waals surface area contributed by atoms with Gasteiger partial charge in [-0.25, -0.2) is 0 Å². The van der Waals surface area contributed by atoms with Crippen LogP contribution in [0.15, 0.2) is 36.4 Å². The number of aliphatic carboxylic acids is 1. The zero-order valence-electron chi connectivity index (χ0n) is 14.5. The molecule has 1 amide bonds. The highest BCUT2D eigenvalue weighted by molar-refractivity contribution is 7.15. The van der Waals surface area contributed by atoms with Crippen LogP contribution in [0.5, 0.6) is 5.75 Å². The molecule has 2 heterocycles. The maximum atomic E-state index is 12.8. The molecule has 0 radical (unpaired) electrons. The molecule has 1 N–H and O–H groups in total. The number of carbonyl (C=O) groups is 3. The fourth-order valence-corrected chi connectivity index (χ4v) is 4.17. The molecular weight excluding hydrogens is 354 g/mol. The van der Waals surface area contributed by atoms with Gasteiger partial charge >= 0.3 is 5.97 Å². The number of methoxy groups -OCH3 is 1. The fraction of sp³-hybridized carbons (Fsp3) is 0.316. The molecule has 136 valence electrons. The summed E-state index contributed by atoms with van der Waals surface area (Å²) in [5, 5.41) is 9.63. The first-order chi connectivity index (χ1) is 12.4. The Morgan fingerprint density at radius 2 is 1.81 bits per heavy atom. The van der Waals surface area contributed by atoms with Crippen LogP contribution in [0.4, 0.5) is 0 Å². The van der Waals surface area contributed by atoms with E-state index in [2.05, 4.69) is 0 Å². The number of hydrogen-bond donors (Lipinski definition) is 1. The number of hydrogen-bond acceptors (Lipinski definition) is 5. The largest absolute Gasteiger partial charge is 0.496 e. The summed E-state index contributed by atoms with van der Waals surface area (Å²) < 4.78 is 5.36. The van der Waals surface area contributed by atoms with E-state index in [9.17, 15) is 19.5 Å². The van der Waals surface area contributed by atoms with E-state index < -0.39 is 11.9 Å². The molecule has 0 bridgehead atoms. The SMILES string of the molecule is COc1ccccc1[C@H]1CN(C(=O)c2ccc(C(C)=O)s2)C[C@@H]1C(=O)O. The van der Waals surface area contributed by atoms with E-state index in [0.717, 1.165) is 16.9 Å². The minimum atomic E-state index is -0.938. The molecule has 26 heavy (non-hydrogen) atoms. The Kier molecular flexibility index (Phi) is 5.08. The molecular formula is C19H19NO5S. The summed E-state index contributed by atoms with van der Waals surface area (Å²) >= 11 is 1.14. The van der Waals surface area contributed by atoms with Crippen LogP contribution in [0.2, 0.25) is 0 Å². The zero-order chi connectivity index (χ0) is 18.8. The number of ether oxygens (including phenoxy) is 1. The van der Waals surface area contributed by atoms with Gasteiger partial charge in [0.2, 0.25) is 0 Å². The minimum absolute atomic E-state index is 0.0919. The highest BCUT2D eigenvalue weighted by Crippen LogP contribution is 2.38. The average molecular weight is 373 g/mol. The number of carboxylic acid groups (broad SMARTS) is 1. The Morgan fingerprint density at radius 3 is 2.42 bits per heavy atom. The molecule has 2 atom stereocenters. The standard InChI is InChI=1S/C19H19NO5S/c1-11(21)16-7-8-17(26-16)18(22)20-9-13(14(10-20)19(23)24)12-5-3-4-6-15(12)25-2/h3-8,13-14H,9-10H2,1-2H3,(H,23,24)/t13-,14+/m1/s1. The molecule has 1 aliphatic rings. The van der Waals surface area contributed by atoms with E-state index in [0.29, 0.717) is 22.0 Å². The van der Waals surface area contributed by atoms with E-state index in [1.807, 2.05) is 18.2 Å². The predicted molar refractivity (Wildman–Crippen MR) is 97.1 cm³/mol. The first-order valence-corrected chi connectivity index (χ1v) is 8.99. The van der Waals surface area contributed by atoms with Gasteiger partial charge < -0.3 is 14.7 Å². The second-order valence-electron chi connectivity index (χ2n) is 6.22. The molecule has 0 unspecified atom stereocenters. The quantitative estimate of drug-likeness (QED) is 0.815. The average Bonchev–Trinajstić information content (AvgIpc) is 3.28. The van der Waals surface area contributed by atoms with Gasteiger partial charge in [-0.15, -0.1) is 11.3 Å². The Balaban J connectivity index is 1.88. The summed E-state index contributed by atoms with van der Waals surface area (Å²) in [6.45, 7) is 1.88. The maximum Gasteiger partial charge on any atom is 0.308 e. The maximum absolute atomic E-state index is 12.8. The third-order valence-corrected chi connectivity index (χ3v) is 5.80. The third-order valence-electron chi connectivity index (χ3n) is 4.63. The molecule has 1 fully saturated rings. The lowest BCUT2D eigenvalue weighted by molar-refractivity contribution is -0.141. The van der Waals surface area contributed by atoms with Crippen molar-refractivity contribution in [1.29, 1.82) is 0 Å². The van der Waals surface area contributed by atoms with Crippen LogP contribution in [0.1, 0.15) is 37.7 Å². The number of Topliss-reactive ketones (excluding diaryl/α,β-unsaturated/α-hetero) is 1. The van der Waals surface area contributed by atoms with Gasteiger partial charge in [-0.1, -0.05) is 18.2 Å². The second kappa shape index (κ2) is 7.29. The Bertz CT molecular complexity index is 859. The Labute approximate surface area is 155 Å². The number of carbonyl (C=O) groups excluding carboxylic acids is 2. The fourth-order valence-electron chi connectivity index (χ4n) is 3.31. The minimum Gasteiger partial charge on any atom is -0.496 e. The molecule has 3 rings (SSSR count). The van der Waals surface area contributed by atoms with Crippen LogP contribution >= 0.6 is 11.3 Å². The van der Waals surface area contributed by atoms with Crippen molar-refractivity contribution in [3.8, 4) is 5.75 Å². The van der Waals surface area contributed by atoms with Crippen molar-refractivity contribution in [1.82, 2.24) is 4.90 Å². The highest BCUT2D eigenvalue weighted by atomic mass is 32.1. The molecule has 0 saturated carbocycles. The number of benzene rings is 1. The topological polar surface area (TPSA) is 83.9 Å². The van der Waals surface area contributed by atoms with E-state index in [1.165, 1.54) is 6.92 Å². The Morgan fingerprint density at radius 1 is 1.12 bits per heavy atom. The molecule has 1 aliphatic heterocycles. The van der Waals surface area contributed by atoms with E-state index in [4.69, 9.17) is 4.74 Å². The number of likely N-dealkylation sites (tertiary alicyclic amines) is 1. The van der Waals surface area contributed by atoms with E-state index in [1.54, 1.807) is 30.2 Å². The van der Waals surface area contributed by atoms with Crippen LogP contribution in [0, 0.1) is 5.92 Å². The van der Waals surface area contributed by atoms with Crippen molar-refractivity contribution in [3.05, 3.63) is 51.7 Å². The van der Waals surface area contributed by atoms with Gasteiger partial charge in [-0.3, -0.25) is 14.4 Å². The number of ketones is 1.